The molecule has 2 N–H and O–H groups in total. The van der Waals surface area contributed by atoms with Gasteiger partial charge in [0, 0.05) is 31.9 Å². The Morgan fingerprint density at radius 3 is 2.55 bits per heavy atom. The first-order valence-electron chi connectivity index (χ1n) is 11.4. The Balaban J connectivity index is 0.00000385. The van der Waals surface area contributed by atoms with E-state index in [-0.39, 0.29) is 24.0 Å². The van der Waals surface area contributed by atoms with E-state index in [1.54, 1.807) is 6.26 Å². The summed E-state index contributed by atoms with van der Waals surface area (Å²) in [5.74, 6) is 1.82. The summed E-state index contributed by atoms with van der Waals surface area (Å²) < 4.78 is 7.54. The Hall–Kier alpha value is -2.33. The fourth-order valence-corrected chi connectivity index (χ4v) is 3.72. The number of benzene rings is 1. The lowest BCUT2D eigenvalue weighted by Crippen LogP contribution is -2.38. The van der Waals surface area contributed by atoms with Crippen LogP contribution in [0.1, 0.15) is 41.6 Å². The van der Waals surface area contributed by atoms with Gasteiger partial charge in [-0.05, 0) is 63.6 Å². The molecule has 3 rings (SSSR count). The van der Waals surface area contributed by atoms with Gasteiger partial charge in [0.15, 0.2) is 5.96 Å². The Kier molecular flexibility index (Phi) is 11.5. The van der Waals surface area contributed by atoms with E-state index >= 15 is 0 Å². The average molecular weight is 565 g/mol. The van der Waals surface area contributed by atoms with Crippen molar-refractivity contribution in [1.82, 2.24) is 25.3 Å². The number of aliphatic imine (C=N–C) groups is 1. The lowest BCUT2D eigenvalue weighted by Gasteiger charge is -2.18. The minimum Gasteiger partial charge on any atom is -0.468 e. The second kappa shape index (κ2) is 14.0. The number of hydrogen-bond donors (Lipinski definition) is 2. The van der Waals surface area contributed by atoms with E-state index < -0.39 is 0 Å². The van der Waals surface area contributed by atoms with Crippen LogP contribution in [0.3, 0.4) is 0 Å². The number of guanidine groups is 1. The van der Waals surface area contributed by atoms with Crippen LogP contribution in [-0.2, 0) is 26.2 Å². The summed E-state index contributed by atoms with van der Waals surface area (Å²) in [6, 6.07) is 14.6. The molecule has 2 aromatic heterocycles. The highest BCUT2D eigenvalue weighted by Crippen LogP contribution is 2.14. The van der Waals surface area contributed by atoms with Crippen molar-refractivity contribution in [1.29, 1.82) is 0 Å². The van der Waals surface area contributed by atoms with E-state index in [1.807, 2.05) is 19.1 Å². The Morgan fingerprint density at radius 2 is 1.88 bits per heavy atom. The van der Waals surface area contributed by atoms with E-state index in [1.165, 1.54) is 16.8 Å². The van der Waals surface area contributed by atoms with Gasteiger partial charge in [-0.25, -0.2) is 4.99 Å². The zero-order valence-electron chi connectivity index (χ0n) is 20.2. The third-order valence-electron chi connectivity index (χ3n) is 5.26. The maximum Gasteiger partial charge on any atom is 0.191 e. The van der Waals surface area contributed by atoms with Crippen LogP contribution in [0.5, 0.6) is 0 Å². The molecule has 0 bridgehead atoms. The molecule has 0 amide bonds. The minimum atomic E-state index is 0. The highest BCUT2D eigenvalue weighted by Gasteiger charge is 2.08. The van der Waals surface area contributed by atoms with Crippen LogP contribution in [0.4, 0.5) is 0 Å². The first-order valence-corrected chi connectivity index (χ1v) is 11.4. The fourth-order valence-electron chi connectivity index (χ4n) is 3.72. The monoisotopic (exact) mass is 564 g/mol. The first-order chi connectivity index (χ1) is 15.5. The molecule has 0 saturated heterocycles. The maximum absolute atomic E-state index is 5.48. The topological polar surface area (TPSA) is 70.6 Å². The number of nitrogens with one attached hydrogen (secondary N) is 2. The standard InChI is InChI=1S/C25H36N6O.HI/c1-5-26-25(27-13-9-14-31-21(3)16-20(2)29-31)28-17-22-10-6-7-11-23(22)18-30(4)19-24-12-8-15-32-24;/h6-8,10-12,15-16H,5,9,13-14,17-19H2,1-4H3,(H2,26,27,28);1H. The van der Waals surface area contributed by atoms with E-state index in [0.29, 0.717) is 6.54 Å². The van der Waals surface area contributed by atoms with Crippen LogP contribution in [-0.4, -0.2) is 40.8 Å². The summed E-state index contributed by atoms with van der Waals surface area (Å²) in [6.07, 6.45) is 2.71. The smallest absolute Gasteiger partial charge is 0.191 e. The van der Waals surface area contributed by atoms with Crippen molar-refractivity contribution in [2.24, 2.45) is 4.99 Å². The van der Waals surface area contributed by atoms with Gasteiger partial charge >= 0.3 is 0 Å². The minimum absolute atomic E-state index is 0. The summed E-state index contributed by atoms with van der Waals surface area (Å²) in [7, 11) is 2.11. The molecule has 33 heavy (non-hydrogen) atoms. The van der Waals surface area contributed by atoms with Crippen LogP contribution in [0, 0.1) is 13.8 Å². The zero-order chi connectivity index (χ0) is 22.8. The molecule has 0 aliphatic carbocycles. The molecule has 7 nitrogen and oxygen atoms in total. The number of furan rings is 1. The summed E-state index contributed by atoms with van der Waals surface area (Å²) in [5, 5.41) is 11.3. The van der Waals surface area contributed by atoms with E-state index in [9.17, 15) is 0 Å². The average Bonchev–Trinajstić information content (AvgIpc) is 3.38. The fraction of sp³-hybridized carbons (Fsp3) is 0.440. The highest BCUT2D eigenvalue weighted by atomic mass is 127. The molecule has 3 aromatic rings. The summed E-state index contributed by atoms with van der Waals surface area (Å²) in [5.41, 5.74) is 4.79. The van der Waals surface area contributed by atoms with Gasteiger partial charge < -0.3 is 15.1 Å². The molecule has 0 fully saturated rings. The molecular weight excluding hydrogens is 527 g/mol. The predicted molar refractivity (Wildman–Crippen MR) is 145 cm³/mol. The van der Waals surface area contributed by atoms with Gasteiger partial charge in [0.2, 0.25) is 0 Å². The third kappa shape index (κ3) is 8.85. The molecule has 0 radical (unpaired) electrons. The van der Waals surface area contributed by atoms with Gasteiger partial charge in [0.25, 0.3) is 0 Å². The summed E-state index contributed by atoms with van der Waals surface area (Å²) >= 11 is 0. The maximum atomic E-state index is 5.48. The molecule has 1 aromatic carbocycles. The molecular formula is C25H37IN6O. The van der Waals surface area contributed by atoms with E-state index in [0.717, 1.165) is 56.6 Å². The SMILES string of the molecule is CCNC(=NCc1ccccc1CN(C)Cc1ccco1)NCCCn1nc(C)cc1C.I. The molecule has 0 aliphatic heterocycles. The number of halogens is 1. The van der Waals surface area contributed by atoms with Gasteiger partial charge in [-0.3, -0.25) is 9.58 Å². The Morgan fingerprint density at radius 1 is 1.09 bits per heavy atom. The van der Waals surface area contributed by atoms with Crippen LogP contribution in [0.2, 0.25) is 0 Å². The number of nitrogens with zero attached hydrogens (tertiary/aromatic N) is 4. The molecule has 0 spiro atoms. The number of rotatable bonds is 11. The second-order valence-corrected chi connectivity index (χ2v) is 8.15. The number of aromatic nitrogens is 2. The summed E-state index contributed by atoms with van der Waals surface area (Å²) in [6.45, 7) is 11.1. The van der Waals surface area contributed by atoms with Gasteiger partial charge in [0.1, 0.15) is 5.76 Å². The van der Waals surface area contributed by atoms with Crippen LogP contribution in [0.15, 0.2) is 58.1 Å². The van der Waals surface area contributed by atoms with Crippen LogP contribution >= 0.6 is 24.0 Å². The van der Waals surface area contributed by atoms with E-state index in [2.05, 4.69) is 76.5 Å². The molecule has 0 aliphatic rings. The molecule has 0 atom stereocenters. The van der Waals surface area contributed by atoms with E-state index in [4.69, 9.17) is 9.41 Å². The van der Waals surface area contributed by atoms with Crippen molar-refractivity contribution >= 4 is 29.9 Å². The highest BCUT2D eigenvalue weighted by molar-refractivity contribution is 14.0. The van der Waals surface area contributed by atoms with Crippen molar-refractivity contribution < 1.29 is 4.42 Å². The summed E-state index contributed by atoms with van der Waals surface area (Å²) in [4.78, 5) is 7.08. The van der Waals surface area contributed by atoms with Crippen LogP contribution in [0.25, 0.3) is 0 Å². The van der Waals surface area contributed by atoms with Gasteiger partial charge in [0.05, 0.1) is 25.0 Å². The molecule has 0 unspecified atom stereocenters. The first kappa shape index (κ1) is 26.9. The molecule has 0 saturated carbocycles. The normalized spacial score (nSPS) is 11.5. The Labute approximate surface area is 214 Å². The van der Waals surface area contributed by atoms with Crippen molar-refractivity contribution in [2.45, 2.75) is 53.4 Å². The van der Waals surface area contributed by atoms with Crippen molar-refractivity contribution in [2.75, 3.05) is 20.1 Å². The van der Waals surface area contributed by atoms with Gasteiger partial charge in [-0.1, -0.05) is 24.3 Å². The van der Waals surface area contributed by atoms with Crippen molar-refractivity contribution in [3.8, 4) is 0 Å². The lowest BCUT2D eigenvalue weighted by atomic mass is 10.1. The van der Waals surface area contributed by atoms with Gasteiger partial charge in [-0.15, -0.1) is 24.0 Å². The predicted octanol–water partition coefficient (Wildman–Crippen LogP) is 4.49. The zero-order valence-corrected chi connectivity index (χ0v) is 22.5. The Bertz CT molecular complexity index is 983. The molecule has 2 heterocycles. The second-order valence-electron chi connectivity index (χ2n) is 8.15. The lowest BCUT2D eigenvalue weighted by molar-refractivity contribution is 0.287. The molecule has 180 valence electrons. The van der Waals surface area contributed by atoms with Crippen molar-refractivity contribution in [3.63, 3.8) is 0 Å². The quantitative estimate of drug-likeness (QED) is 0.156. The van der Waals surface area contributed by atoms with Gasteiger partial charge in [-0.2, -0.15) is 5.10 Å². The number of hydrogen-bond acceptors (Lipinski definition) is 4. The largest absolute Gasteiger partial charge is 0.468 e. The van der Waals surface area contributed by atoms with Crippen molar-refractivity contribution in [3.05, 3.63) is 77.0 Å². The number of aryl methyl sites for hydroxylation is 3. The van der Waals surface area contributed by atoms with Crippen LogP contribution < -0.4 is 10.6 Å². The molecule has 8 heteroatoms. The third-order valence-corrected chi connectivity index (χ3v) is 5.26.